The zero-order valence-electron chi connectivity index (χ0n) is 16.9. The Kier molecular flexibility index (Phi) is 6.03. The van der Waals surface area contributed by atoms with Gasteiger partial charge in [0.1, 0.15) is 13.2 Å². The number of hydrogen-bond donors (Lipinski definition) is 1. The van der Waals surface area contributed by atoms with E-state index in [4.69, 9.17) is 9.47 Å². The summed E-state index contributed by atoms with van der Waals surface area (Å²) in [6.07, 6.45) is 3.17. The molecule has 1 aliphatic rings. The van der Waals surface area contributed by atoms with Crippen molar-refractivity contribution in [3.8, 4) is 11.5 Å². The molecule has 1 fully saturated rings. The highest BCUT2D eigenvalue weighted by atomic mass is 16.5. The summed E-state index contributed by atoms with van der Waals surface area (Å²) in [5, 5.41) is 9.97. The van der Waals surface area contributed by atoms with Crippen molar-refractivity contribution in [2.45, 2.75) is 44.3 Å². The number of carbonyl (C=O) groups is 1. The van der Waals surface area contributed by atoms with Crippen molar-refractivity contribution in [3.63, 3.8) is 0 Å². The second kappa shape index (κ2) is 9.04. The lowest BCUT2D eigenvalue weighted by atomic mass is 9.79. The van der Waals surface area contributed by atoms with Crippen molar-refractivity contribution in [2.24, 2.45) is 0 Å². The van der Waals surface area contributed by atoms with Crippen LogP contribution in [-0.2, 0) is 23.4 Å². The molecular formula is C26H26O4. The second-order valence-corrected chi connectivity index (χ2v) is 7.80. The minimum atomic E-state index is -0.831. The van der Waals surface area contributed by atoms with E-state index in [1.807, 2.05) is 78.9 Å². The van der Waals surface area contributed by atoms with Gasteiger partial charge in [-0.05, 0) is 41.7 Å². The van der Waals surface area contributed by atoms with Crippen LogP contribution in [0.1, 0.15) is 42.4 Å². The van der Waals surface area contributed by atoms with Gasteiger partial charge in [-0.2, -0.15) is 0 Å². The van der Waals surface area contributed by atoms with Gasteiger partial charge in [0, 0.05) is 0 Å². The van der Waals surface area contributed by atoms with Gasteiger partial charge < -0.3 is 14.6 Å². The van der Waals surface area contributed by atoms with Crippen molar-refractivity contribution in [2.75, 3.05) is 0 Å². The van der Waals surface area contributed by atoms with E-state index in [2.05, 4.69) is 0 Å². The first kappa shape index (κ1) is 20.0. The van der Waals surface area contributed by atoms with Gasteiger partial charge in [-0.25, -0.2) is 0 Å². The summed E-state index contributed by atoms with van der Waals surface area (Å²) in [4.78, 5) is 12.1. The fraction of sp³-hybridized carbons (Fsp3) is 0.269. The number of carboxylic acids is 1. The number of carboxylic acid groups (broad SMARTS) is 1. The topological polar surface area (TPSA) is 55.8 Å². The molecule has 0 atom stereocenters. The molecule has 4 heteroatoms. The molecule has 4 nitrogen and oxygen atoms in total. The Morgan fingerprint density at radius 2 is 1.30 bits per heavy atom. The summed E-state index contributed by atoms with van der Waals surface area (Å²) in [7, 11) is 0. The fourth-order valence-corrected chi connectivity index (χ4v) is 4.11. The van der Waals surface area contributed by atoms with E-state index in [-0.39, 0.29) is 0 Å². The maximum absolute atomic E-state index is 12.1. The van der Waals surface area contributed by atoms with E-state index in [1.54, 1.807) is 0 Å². The van der Waals surface area contributed by atoms with Crippen LogP contribution < -0.4 is 9.47 Å². The number of ether oxygens (including phenoxy) is 2. The fourth-order valence-electron chi connectivity index (χ4n) is 4.11. The number of rotatable bonds is 8. The highest BCUT2D eigenvalue weighted by molar-refractivity contribution is 5.82. The van der Waals surface area contributed by atoms with E-state index in [0.717, 1.165) is 29.5 Å². The van der Waals surface area contributed by atoms with Crippen molar-refractivity contribution in [1.29, 1.82) is 0 Å². The van der Waals surface area contributed by atoms with Crippen LogP contribution >= 0.6 is 0 Å². The Labute approximate surface area is 177 Å². The van der Waals surface area contributed by atoms with E-state index in [0.29, 0.717) is 37.6 Å². The zero-order chi connectivity index (χ0) is 20.8. The molecule has 0 unspecified atom stereocenters. The predicted molar refractivity (Wildman–Crippen MR) is 116 cm³/mol. The van der Waals surface area contributed by atoms with E-state index in [9.17, 15) is 9.90 Å². The molecule has 0 spiro atoms. The standard InChI is InChI=1S/C26H26O4/c27-25(28)26(15-7-8-16-26)22-13-14-23(29-18-20-9-3-1-4-10-20)24(17-22)30-19-21-11-5-2-6-12-21/h1-6,9-14,17H,7-8,15-16,18-19H2,(H,27,28). The Morgan fingerprint density at radius 1 is 0.767 bits per heavy atom. The lowest BCUT2D eigenvalue weighted by molar-refractivity contribution is -0.143. The third-order valence-electron chi connectivity index (χ3n) is 5.84. The van der Waals surface area contributed by atoms with Crippen molar-refractivity contribution < 1.29 is 19.4 Å². The Morgan fingerprint density at radius 3 is 1.83 bits per heavy atom. The molecule has 0 heterocycles. The third-order valence-corrected chi connectivity index (χ3v) is 5.84. The molecule has 3 aromatic carbocycles. The molecule has 30 heavy (non-hydrogen) atoms. The SMILES string of the molecule is O=C(O)C1(c2ccc(OCc3ccccc3)c(OCc3ccccc3)c2)CCCC1. The van der Waals surface area contributed by atoms with Gasteiger partial charge in [-0.15, -0.1) is 0 Å². The van der Waals surface area contributed by atoms with Gasteiger partial charge in [-0.1, -0.05) is 79.6 Å². The zero-order valence-corrected chi connectivity index (χ0v) is 16.9. The number of aliphatic carboxylic acids is 1. The minimum Gasteiger partial charge on any atom is -0.485 e. The number of hydrogen-bond acceptors (Lipinski definition) is 3. The predicted octanol–water partition coefficient (Wildman–Crippen LogP) is 5.74. The van der Waals surface area contributed by atoms with Gasteiger partial charge in [0.25, 0.3) is 0 Å². The van der Waals surface area contributed by atoms with Crippen LogP contribution in [0.3, 0.4) is 0 Å². The van der Waals surface area contributed by atoms with Crippen molar-refractivity contribution in [3.05, 3.63) is 95.6 Å². The lowest BCUT2D eigenvalue weighted by Gasteiger charge is -2.25. The van der Waals surface area contributed by atoms with Crippen LogP contribution in [-0.4, -0.2) is 11.1 Å². The molecule has 0 radical (unpaired) electrons. The van der Waals surface area contributed by atoms with Crippen LogP contribution in [0.4, 0.5) is 0 Å². The molecule has 1 N–H and O–H groups in total. The minimum absolute atomic E-state index is 0.395. The van der Waals surface area contributed by atoms with Crippen molar-refractivity contribution >= 4 is 5.97 Å². The Balaban J connectivity index is 1.61. The van der Waals surface area contributed by atoms with E-state index < -0.39 is 11.4 Å². The lowest BCUT2D eigenvalue weighted by Crippen LogP contribution is -2.32. The summed E-state index contributed by atoms with van der Waals surface area (Å²) in [5.74, 6) is 0.448. The maximum Gasteiger partial charge on any atom is 0.314 e. The maximum atomic E-state index is 12.1. The molecular weight excluding hydrogens is 376 g/mol. The Hall–Kier alpha value is -3.27. The van der Waals surface area contributed by atoms with Gasteiger partial charge in [0.05, 0.1) is 5.41 Å². The summed E-state index contributed by atoms with van der Waals surface area (Å²) >= 11 is 0. The monoisotopic (exact) mass is 402 g/mol. The molecule has 4 rings (SSSR count). The van der Waals surface area contributed by atoms with Crippen LogP contribution in [0.5, 0.6) is 11.5 Å². The van der Waals surface area contributed by atoms with Crippen LogP contribution in [0.25, 0.3) is 0 Å². The first-order chi connectivity index (χ1) is 14.7. The Bertz CT molecular complexity index is 976. The third kappa shape index (κ3) is 4.33. The van der Waals surface area contributed by atoms with Crippen LogP contribution in [0.15, 0.2) is 78.9 Å². The second-order valence-electron chi connectivity index (χ2n) is 7.80. The highest BCUT2D eigenvalue weighted by Gasteiger charge is 2.43. The molecule has 1 saturated carbocycles. The largest absolute Gasteiger partial charge is 0.485 e. The van der Waals surface area contributed by atoms with Gasteiger partial charge in [0.2, 0.25) is 0 Å². The molecule has 154 valence electrons. The van der Waals surface area contributed by atoms with Gasteiger partial charge in [0.15, 0.2) is 11.5 Å². The van der Waals surface area contributed by atoms with Crippen molar-refractivity contribution in [1.82, 2.24) is 0 Å². The molecule has 0 bridgehead atoms. The molecule has 0 amide bonds. The first-order valence-corrected chi connectivity index (χ1v) is 10.4. The van der Waals surface area contributed by atoms with Crippen LogP contribution in [0, 0.1) is 0 Å². The summed E-state index contributed by atoms with van der Waals surface area (Å²) in [6.45, 7) is 0.817. The molecule has 0 aliphatic heterocycles. The molecule has 3 aromatic rings. The quantitative estimate of drug-likeness (QED) is 0.522. The van der Waals surface area contributed by atoms with Gasteiger partial charge in [-0.3, -0.25) is 4.79 Å². The van der Waals surface area contributed by atoms with E-state index in [1.165, 1.54) is 0 Å². The summed E-state index contributed by atoms with van der Waals surface area (Å²) in [6, 6.07) is 25.5. The molecule has 1 aliphatic carbocycles. The summed E-state index contributed by atoms with van der Waals surface area (Å²) < 4.78 is 12.2. The number of benzene rings is 3. The van der Waals surface area contributed by atoms with Crippen LogP contribution in [0.2, 0.25) is 0 Å². The molecule has 0 aromatic heterocycles. The first-order valence-electron chi connectivity index (χ1n) is 10.4. The smallest absolute Gasteiger partial charge is 0.314 e. The highest BCUT2D eigenvalue weighted by Crippen LogP contribution is 2.44. The molecule has 0 saturated heterocycles. The summed E-state index contributed by atoms with van der Waals surface area (Å²) in [5.41, 5.74) is 2.07. The normalized spacial score (nSPS) is 14.9. The average molecular weight is 402 g/mol. The van der Waals surface area contributed by atoms with E-state index >= 15 is 0 Å². The van der Waals surface area contributed by atoms with Gasteiger partial charge >= 0.3 is 5.97 Å². The average Bonchev–Trinajstić information content (AvgIpc) is 3.29.